The summed E-state index contributed by atoms with van der Waals surface area (Å²) in [6.07, 6.45) is 6.01. The van der Waals surface area contributed by atoms with Gasteiger partial charge in [-0.1, -0.05) is 18.2 Å². The zero-order chi connectivity index (χ0) is 15.4. The van der Waals surface area contributed by atoms with Crippen LogP contribution in [0, 0.1) is 6.92 Å². The molecule has 0 spiro atoms. The maximum atomic E-state index is 12.0. The van der Waals surface area contributed by atoms with Gasteiger partial charge in [-0.3, -0.25) is 4.79 Å². The molecular formula is C18H26N2O2. The quantitative estimate of drug-likeness (QED) is 0.794. The fourth-order valence-electron chi connectivity index (χ4n) is 3.61. The second kappa shape index (κ2) is 7.14. The van der Waals surface area contributed by atoms with E-state index in [0.29, 0.717) is 31.2 Å². The molecule has 1 aromatic rings. The Hall–Kier alpha value is -1.55. The summed E-state index contributed by atoms with van der Waals surface area (Å²) in [5, 5.41) is 6.79. The first-order valence-electron chi connectivity index (χ1n) is 8.44. The Labute approximate surface area is 132 Å². The third-order valence-corrected chi connectivity index (χ3v) is 4.74. The first-order chi connectivity index (χ1) is 10.7. The third kappa shape index (κ3) is 4.01. The number of piperidine rings is 1. The maximum absolute atomic E-state index is 12.0. The van der Waals surface area contributed by atoms with Gasteiger partial charge in [0.25, 0.3) is 0 Å². The van der Waals surface area contributed by atoms with Gasteiger partial charge < -0.3 is 15.4 Å². The lowest BCUT2D eigenvalue weighted by Gasteiger charge is -2.29. The van der Waals surface area contributed by atoms with Crippen molar-refractivity contribution in [3.8, 4) is 5.75 Å². The molecular weight excluding hydrogens is 276 g/mol. The molecule has 2 fully saturated rings. The van der Waals surface area contributed by atoms with Crippen LogP contribution in [0.4, 0.5) is 0 Å². The molecule has 22 heavy (non-hydrogen) atoms. The molecule has 120 valence electrons. The number of nitrogens with one attached hydrogen (secondary N) is 2. The number of ether oxygens (including phenoxy) is 1. The Kier molecular flexibility index (Phi) is 4.98. The van der Waals surface area contributed by atoms with Crippen LogP contribution in [-0.2, 0) is 4.79 Å². The van der Waals surface area contributed by atoms with E-state index >= 15 is 0 Å². The molecule has 2 saturated heterocycles. The maximum Gasteiger partial charge on any atom is 0.220 e. The SMILES string of the molecule is Cc1ccccc1OCCCC(=O)NC1CC2CCC(C1)N2. The molecule has 4 heteroatoms. The summed E-state index contributed by atoms with van der Waals surface area (Å²) in [6.45, 7) is 2.63. The van der Waals surface area contributed by atoms with Gasteiger partial charge in [0.2, 0.25) is 5.91 Å². The van der Waals surface area contributed by atoms with Gasteiger partial charge in [-0.15, -0.1) is 0 Å². The van der Waals surface area contributed by atoms with Crippen LogP contribution in [0.3, 0.4) is 0 Å². The number of benzene rings is 1. The minimum absolute atomic E-state index is 0.166. The molecule has 2 aliphatic heterocycles. The monoisotopic (exact) mass is 302 g/mol. The fraction of sp³-hybridized carbons (Fsp3) is 0.611. The summed E-state index contributed by atoms with van der Waals surface area (Å²) >= 11 is 0. The summed E-state index contributed by atoms with van der Waals surface area (Å²) < 4.78 is 5.73. The van der Waals surface area contributed by atoms with Crippen LogP contribution in [0.2, 0.25) is 0 Å². The number of para-hydroxylation sites is 1. The van der Waals surface area contributed by atoms with Crippen molar-refractivity contribution in [3.63, 3.8) is 0 Å². The van der Waals surface area contributed by atoms with Gasteiger partial charge in [0.1, 0.15) is 5.75 Å². The lowest BCUT2D eigenvalue weighted by molar-refractivity contribution is -0.122. The molecule has 0 aliphatic carbocycles. The Balaban J connectivity index is 1.34. The van der Waals surface area contributed by atoms with Crippen LogP contribution in [-0.4, -0.2) is 30.6 Å². The van der Waals surface area contributed by atoms with Crippen LogP contribution in [0.1, 0.15) is 44.1 Å². The molecule has 2 bridgehead atoms. The number of rotatable bonds is 6. The highest BCUT2D eigenvalue weighted by Crippen LogP contribution is 2.26. The van der Waals surface area contributed by atoms with E-state index in [4.69, 9.17) is 4.74 Å². The van der Waals surface area contributed by atoms with E-state index in [1.54, 1.807) is 0 Å². The van der Waals surface area contributed by atoms with Crippen molar-refractivity contribution in [1.82, 2.24) is 10.6 Å². The van der Waals surface area contributed by atoms with Crippen molar-refractivity contribution in [2.75, 3.05) is 6.61 Å². The Morgan fingerprint density at radius 2 is 2.00 bits per heavy atom. The zero-order valence-corrected chi connectivity index (χ0v) is 13.3. The van der Waals surface area contributed by atoms with Crippen molar-refractivity contribution in [2.24, 2.45) is 0 Å². The average molecular weight is 302 g/mol. The van der Waals surface area contributed by atoms with Gasteiger partial charge in [-0.05, 0) is 50.7 Å². The normalized spacial score (nSPS) is 26.7. The van der Waals surface area contributed by atoms with E-state index in [9.17, 15) is 4.79 Å². The Bertz CT molecular complexity index is 506. The summed E-state index contributed by atoms with van der Waals surface area (Å²) in [7, 11) is 0. The Morgan fingerprint density at radius 1 is 1.27 bits per heavy atom. The van der Waals surface area contributed by atoms with E-state index in [-0.39, 0.29) is 5.91 Å². The number of fused-ring (bicyclic) bond motifs is 2. The summed E-state index contributed by atoms with van der Waals surface area (Å²) in [6, 6.07) is 9.58. The first-order valence-corrected chi connectivity index (χ1v) is 8.44. The van der Waals surface area contributed by atoms with Crippen molar-refractivity contribution < 1.29 is 9.53 Å². The molecule has 1 amide bonds. The molecule has 0 aromatic heterocycles. The number of hydrogen-bond donors (Lipinski definition) is 2. The van der Waals surface area contributed by atoms with Gasteiger partial charge >= 0.3 is 0 Å². The standard InChI is InChI=1S/C18H26N2O2/c1-13-5-2-3-6-17(13)22-10-4-7-18(21)20-16-11-14-8-9-15(12-16)19-14/h2-3,5-6,14-16,19H,4,7-12H2,1H3,(H,20,21). The second-order valence-electron chi connectivity index (χ2n) is 6.59. The Morgan fingerprint density at radius 3 is 2.73 bits per heavy atom. The van der Waals surface area contributed by atoms with Crippen LogP contribution in [0.25, 0.3) is 0 Å². The predicted octanol–water partition coefficient (Wildman–Crippen LogP) is 2.55. The van der Waals surface area contributed by atoms with Crippen LogP contribution in [0.15, 0.2) is 24.3 Å². The van der Waals surface area contributed by atoms with E-state index in [1.165, 1.54) is 12.8 Å². The third-order valence-electron chi connectivity index (χ3n) is 4.74. The molecule has 4 nitrogen and oxygen atoms in total. The smallest absolute Gasteiger partial charge is 0.220 e. The van der Waals surface area contributed by atoms with Crippen LogP contribution < -0.4 is 15.4 Å². The van der Waals surface area contributed by atoms with E-state index in [0.717, 1.165) is 30.6 Å². The highest BCUT2D eigenvalue weighted by Gasteiger charge is 2.33. The molecule has 2 aliphatic rings. The lowest BCUT2D eigenvalue weighted by atomic mass is 9.99. The van der Waals surface area contributed by atoms with Crippen molar-refractivity contribution >= 4 is 5.91 Å². The molecule has 0 saturated carbocycles. The molecule has 2 N–H and O–H groups in total. The van der Waals surface area contributed by atoms with Gasteiger partial charge in [-0.25, -0.2) is 0 Å². The van der Waals surface area contributed by atoms with E-state index in [1.807, 2.05) is 31.2 Å². The molecule has 2 heterocycles. The minimum atomic E-state index is 0.166. The fourth-order valence-corrected chi connectivity index (χ4v) is 3.61. The van der Waals surface area contributed by atoms with Crippen LogP contribution in [0.5, 0.6) is 5.75 Å². The molecule has 2 atom stereocenters. The van der Waals surface area contributed by atoms with Crippen molar-refractivity contribution in [3.05, 3.63) is 29.8 Å². The largest absolute Gasteiger partial charge is 0.493 e. The summed E-state index contributed by atoms with van der Waals surface area (Å²) in [5.74, 6) is 1.08. The first kappa shape index (κ1) is 15.3. The minimum Gasteiger partial charge on any atom is -0.493 e. The second-order valence-corrected chi connectivity index (χ2v) is 6.59. The van der Waals surface area contributed by atoms with Crippen molar-refractivity contribution in [2.45, 2.75) is 63.6 Å². The number of amides is 1. The zero-order valence-electron chi connectivity index (χ0n) is 13.3. The highest BCUT2D eigenvalue weighted by molar-refractivity contribution is 5.76. The molecule has 3 rings (SSSR count). The van der Waals surface area contributed by atoms with Gasteiger partial charge in [-0.2, -0.15) is 0 Å². The molecule has 2 unspecified atom stereocenters. The average Bonchev–Trinajstić information content (AvgIpc) is 2.84. The van der Waals surface area contributed by atoms with Crippen LogP contribution >= 0.6 is 0 Å². The predicted molar refractivity (Wildman–Crippen MR) is 87.0 cm³/mol. The summed E-state index contributed by atoms with van der Waals surface area (Å²) in [4.78, 5) is 12.0. The van der Waals surface area contributed by atoms with E-state index in [2.05, 4.69) is 10.6 Å². The number of hydrogen-bond acceptors (Lipinski definition) is 3. The van der Waals surface area contributed by atoms with E-state index < -0.39 is 0 Å². The lowest BCUT2D eigenvalue weighted by Crippen LogP contribution is -2.48. The van der Waals surface area contributed by atoms with Gasteiger partial charge in [0, 0.05) is 24.5 Å². The highest BCUT2D eigenvalue weighted by atomic mass is 16.5. The van der Waals surface area contributed by atoms with Gasteiger partial charge in [0.05, 0.1) is 6.61 Å². The molecule has 0 radical (unpaired) electrons. The number of carbonyl (C=O) groups is 1. The number of carbonyl (C=O) groups excluding carboxylic acids is 1. The van der Waals surface area contributed by atoms with Crippen molar-refractivity contribution in [1.29, 1.82) is 0 Å². The summed E-state index contributed by atoms with van der Waals surface area (Å²) in [5.41, 5.74) is 1.14. The van der Waals surface area contributed by atoms with Gasteiger partial charge in [0.15, 0.2) is 0 Å². The topological polar surface area (TPSA) is 50.4 Å². The molecule has 1 aromatic carbocycles. The number of aryl methyl sites for hydroxylation is 1.